The summed E-state index contributed by atoms with van der Waals surface area (Å²) in [6, 6.07) is 0. The lowest BCUT2D eigenvalue weighted by molar-refractivity contribution is -0.136. The molecule has 0 aliphatic carbocycles. The summed E-state index contributed by atoms with van der Waals surface area (Å²) in [6.45, 7) is 3.81. The van der Waals surface area contributed by atoms with Crippen molar-refractivity contribution in [3.8, 4) is 0 Å². The van der Waals surface area contributed by atoms with Gasteiger partial charge in [0.05, 0.1) is 0 Å². The molecule has 0 aliphatic heterocycles. The topological polar surface area (TPSA) is 66.4 Å². The van der Waals surface area contributed by atoms with E-state index in [0.717, 1.165) is 0 Å². The van der Waals surface area contributed by atoms with E-state index >= 15 is 0 Å². The lowest BCUT2D eigenvalue weighted by Gasteiger charge is -2.08. The molecule has 0 heterocycles. The van der Waals surface area contributed by atoms with Crippen molar-refractivity contribution >= 4 is 23.6 Å². The third-order valence-corrected chi connectivity index (χ3v) is 2.82. The lowest BCUT2D eigenvalue weighted by atomic mass is 10.3. The molecule has 13 heavy (non-hydrogen) atoms. The fraction of sp³-hybridized carbons (Fsp3) is 0.750. The molecule has 0 saturated heterocycles. The van der Waals surface area contributed by atoms with Crippen LogP contribution >= 0.6 is 11.8 Å². The monoisotopic (exact) mass is 205 g/mol. The van der Waals surface area contributed by atoms with E-state index in [2.05, 4.69) is 5.32 Å². The molecular formula is C8H15NO3S. The van der Waals surface area contributed by atoms with E-state index in [1.54, 1.807) is 0 Å². The summed E-state index contributed by atoms with van der Waals surface area (Å²) in [4.78, 5) is 21.0. The molecule has 1 unspecified atom stereocenters. The zero-order valence-corrected chi connectivity index (χ0v) is 8.69. The second kappa shape index (κ2) is 6.77. The molecule has 0 spiro atoms. The largest absolute Gasteiger partial charge is 0.480 e. The molecule has 0 aromatic rings. The Morgan fingerprint density at radius 2 is 2.15 bits per heavy atom. The summed E-state index contributed by atoms with van der Waals surface area (Å²) in [5.74, 6) is -0.219. The Morgan fingerprint density at radius 3 is 2.54 bits per heavy atom. The number of carbonyl (C=O) groups is 2. The van der Waals surface area contributed by atoms with Crippen molar-refractivity contribution in [2.24, 2.45) is 0 Å². The van der Waals surface area contributed by atoms with Gasteiger partial charge in [0, 0.05) is 19.2 Å². The maximum Gasteiger partial charge on any atom is 0.316 e. The van der Waals surface area contributed by atoms with E-state index in [4.69, 9.17) is 5.11 Å². The zero-order valence-electron chi connectivity index (χ0n) is 7.87. The van der Waals surface area contributed by atoms with Gasteiger partial charge >= 0.3 is 5.97 Å². The van der Waals surface area contributed by atoms with Crippen molar-refractivity contribution in [1.82, 2.24) is 5.32 Å². The molecule has 76 valence electrons. The number of thioether (sulfide) groups is 1. The average molecular weight is 205 g/mol. The first-order chi connectivity index (χ1) is 6.07. The predicted octanol–water partition coefficient (Wildman–Crippen LogP) is 0.719. The normalized spacial score (nSPS) is 12.2. The summed E-state index contributed by atoms with van der Waals surface area (Å²) in [6.07, 6.45) is 0.611. The Labute approximate surface area is 82.1 Å². The van der Waals surface area contributed by atoms with Crippen LogP contribution in [0.25, 0.3) is 0 Å². The van der Waals surface area contributed by atoms with E-state index in [0.29, 0.717) is 18.7 Å². The molecule has 0 saturated carbocycles. The summed E-state index contributed by atoms with van der Waals surface area (Å²) in [5.41, 5.74) is 0. The Balaban J connectivity index is 3.50. The summed E-state index contributed by atoms with van der Waals surface area (Å²) in [5, 5.41) is 10.9. The van der Waals surface area contributed by atoms with Gasteiger partial charge in [-0.2, -0.15) is 0 Å². The van der Waals surface area contributed by atoms with E-state index in [1.165, 1.54) is 18.7 Å². The number of carboxylic acids is 1. The zero-order chi connectivity index (χ0) is 10.3. The summed E-state index contributed by atoms with van der Waals surface area (Å²) in [7, 11) is 0. The number of rotatable bonds is 6. The van der Waals surface area contributed by atoms with Crippen molar-refractivity contribution in [2.45, 2.75) is 25.5 Å². The van der Waals surface area contributed by atoms with Crippen LogP contribution in [0.5, 0.6) is 0 Å². The van der Waals surface area contributed by atoms with Gasteiger partial charge in [0.25, 0.3) is 0 Å². The van der Waals surface area contributed by atoms with Gasteiger partial charge in [0.15, 0.2) is 0 Å². The first-order valence-electron chi connectivity index (χ1n) is 4.16. The quantitative estimate of drug-likeness (QED) is 0.627. The molecule has 4 nitrogen and oxygen atoms in total. The molecule has 0 fully saturated rings. The summed E-state index contributed by atoms with van der Waals surface area (Å²) < 4.78 is 0. The highest BCUT2D eigenvalue weighted by Gasteiger charge is 2.14. The number of hydrogen-bond acceptors (Lipinski definition) is 3. The highest BCUT2D eigenvalue weighted by atomic mass is 32.2. The van der Waals surface area contributed by atoms with Crippen molar-refractivity contribution in [3.63, 3.8) is 0 Å². The first-order valence-corrected chi connectivity index (χ1v) is 5.21. The highest BCUT2D eigenvalue weighted by molar-refractivity contribution is 8.00. The smallest absolute Gasteiger partial charge is 0.316 e. The van der Waals surface area contributed by atoms with Gasteiger partial charge in [-0.25, -0.2) is 0 Å². The molecule has 0 aromatic carbocycles. The minimum Gasteiger partial charge on any atom is -0.480 e. The van der Waals surface area contributed by atoms with E-state index < -0.39 is 5.97 Å². The summed E-state index contributed by atoms with van der Waals surface area (Å²) >= 11 is 1.36. The average Bonchev–Trinajstić information content (AvgIpc) is 2.03. The molecule has 0 aromatic heterocycles. The number of aliphatic carboxylic acids is 1. The van der Waals surface area contributed by atoms with E-state index in [1.807, 2.05) is 6.92 Å². The van der Waals surface area contributed by atoms with Gasteiger partial charge in [-0.05, 0) is 6.42 Å². The molecule has 1 atom stereocenters. The van der Waals surface area contributed by atoms with Crippen LogP contribution in [0.1, 0.15) is 20.3 Å². The number of nitrogens with one attached hydrogen (secondary N) is 1. The van der Waals surface area contributed by atoms with Gasteiger partial charge in [-0.1, -0.05) is 6.92 Å². The van der Waals surface area contributed by atoms with Crippen LogP contribution in [-0.2, 0) is 9.59 Å². The van der Waals surface area contributed by atoms with Gasteiger partial charge in [-0.15, -0.1) is 11.8 Å². The minimum atomic E-state index is -0.782. The maximum absolute atomic E-state index is 10.6. The molecule has 0 aliphatic rings. The second-order valence-electron chi connectivity index (χ2n) is 2.59. The fourth-order valence-electron chi connectivity index (χ4n) is 0.792. The lowest BCUT2D eigenvalue weighted by Crippen LogP contribution is -2.24. The van der Waals surface area contributed by atoms with E-state index in [-0.39, 0.29) is 11.2 Å². The Morgan fingerprint density at radius 1 is 1.54 bits per heavy atom. The van der Waals surface area contributed by atoms with Crippen LogP contribution < -0.4 is 5.32 Å². The molecule has 0 radical (unpaired) electrons. The molecule has 0 rings (SSSR count). The van der Waals surface area contributed by atoms with Gasteiger partial charge in [0.2, 0.25) is 5.91 Å². The molecule has 1 amide bonds. The molecule has 5 heteroatoms. The first kappa shape index (κ1) is 12.3. The third kappa shape index (κ3) is 6.45. The number of carbonyl (C=O) groups excluding carboxylic acids is 1. The maximum atomic E-state index is 10.6. The molecular weight excluding hydrogens is 190 g/mol. The van der Waals surface area contributed by atoms with Crippen LogP contribution in [0.15, 0.2) is 0 Å². The van der Waals surface area contributed by atoms with Crippen LogP contribution in [0.4, 0.5) is 0 Å². The Hall–Kier alpha value is -0.710. The highest BCUT2D eigenvalue weighted by Crippen LogP contribution is 2.13. The molecule has 2 N–H and O–H groups in total. The van der Waals surface area contributed by atoms with Crippen LogP contribution in [0.2, 0.25) is 0 Å². The number of carboxylic acid groups (broad SMARTS) is 1. The second-order valence-corrected chi connectivity index (χ2v) is 3.90. The minimum absolute atomic E-state index is 0.0797. The van der Waals surface area contributed by atoms with Crippen LogP contribution in [-0.4, -0.2) is 34.5 Å². The van der Waals surface area contributed by atoms with Crippen molar-refractivity contribution in [3.05, 3.63) is 0 Å². The van der Waals surface area contributed by atoms with Crippen molar-refractivity contribution < 1.29 is 14.7 Å². The van der Waals surface area contributed by atoms with Crippen LogP contribution in [0.3, 0.4) is 0 Å². The standard InChI is InChI=1S/C8H15NO3S/c1-3-7(8(11)12)13-5-4-9-6(2)10/h7H,3-5H2,1-2H3,(H,9,10)(H,11,12). The Bertz CT molecular complexity index is 184. The van der Waals surface area contributed by atoms with Crippen LogP contribution in [0, 0.1) is 0 Å². The third-order valence-electron chi connectivity index (χ3n) is 1.44. The van der Waals surface area contributed by atoms with Gasteiger partial charge in [0.1, 0.15) is 5.25 Å². The number of amides is 1. The Kier molecular flexibility index (Phi) is 6.40. The molecule has 0 bridgehead atoms. The van der Waals surface area contributed by atoms with Gasteiger partial charge in [-0.3, -0.25) is 9.59 Å². The predicted molar refractivity (Wildman–Crippen MR) is 52.9 cm³/mol. The van der Waals surface area contributed by atoms with E-state index in [9.17, 15) is 9.59 Å². The fourth-order valence-corrected chi connectivity index (χ4v) is 1.67. The van der Waals surface area contributed by atoms with Crippen molar-refractivity contribution in [2.75, 3.05) is 12.3 Å². The SMILES string of the molecule is CCC(SCCNC(C)=O)C(=O)O. The number of hydrogen-bond donors (Lipinski definition) is 2. The van der Waals surface area contributed by atoms with Crippen molar-refractivity contribution in [1.29, 1.82) is 0 Å². The van der Waals surface area contributed by atoms with Gasteiger partial charge < -0.3 is 10.4 Å².